The van der Waals surface area contributed by atoms with Crippen molar-refractivity contribution in [1.29, 1.82) is 0 Å². The van der Waals surface area contributed by atoms with Gasteiger partial charge in [-0.15, -0.1) is 11.3 Å². The maximum absolute atomic E-state index is 12.9. The van der Waals surface area contributed by atoms with Crippen molar-refractivity contribution in [2.24, 2.45) is 11.8 Å². The molecule has 2 atom stereocenters. The van der Waals surface area contributed by atoms with Crippen molar-refractivity contribution in [1.82, 2.24) is 0 Å². The van der Waals surface area contributed by atoms with E-state index in [1.165, 1.54) is 11.3 Å². The fraction of sp³-hybridized carbons (Fsp3) is 0.318. The number of methoxy groups -OCH3 is 1. The second-order valence-corrected chi connectivity index (χ2v) is 7.67. The number of hydrogen-bond acceptors (Lipinski definition) is 6. The maximum Gasteiger partial charge on any atom is 0.341 e. The molecule has 1 aliphatic carbocycles. The van der Waals surface area contributed by atoms with Crippen LogP contribution in [-0.4, -0.2) is 36.7 Å². The number of amides is 1. The van der Waals surface area contributed by atoms with E-state index < -0.39 is 29.7 Å². The second kappa shape index (κ2) is 9.58. The van der Waals surface area contributed by atoms with Crippen LogP contribution in [0.5, 0.6) is 5.75 Å². The van der Waals surface area contributed by atoms with Crippen LogP contribution in [-0.2, 0) is 14.3 Å². The van der Waals surface area contributed by atoms with Gasteiger partial charge in [0.2, 0.25) is 5.91 Å². The van der Waals surface area contributed by atoms with E-state index in [0.717, 1.165) is 5.56 Å². The lowest BCUT2D eigenvalue weighted by Crippen LogP contribution is -2.34. The zero-order chi connectivity index (χ0) is 21.7. The molecule has 8 heteroatoms. The van der Waals surface area contributed by atoms with Crippen LogP contribution in [0.25, 0.3) is 11.1 Å². The quantitative estimate of drug-likeness (QED) is 0.505. The average Bonchev–Trinajstić information content (AvgIpc) is 3.17. The van der Waals surface area contributed by atoms with Gasteiger partial charge in [-0.25, -0.2) is 4.79 Å². The summed E-state index contributed by atoms with van der Waals surface area (Å²) < 4.78 is 10.4. The van der Waals surface area contributed by atoms with Crippen molar-refractivity contribution in [3.8, 4) is 16.9 Å². The molecule has 1 aromatic carbocycles. The average molecular weight is 429 g/mol. The first-order valence-electron chi connectivity index (χ1n) is 9.58. The lowest BCUT2D eigenvalue weighted by atomic mass is 9.82. The first kappa shape index (κ1) is 21.6. The van der Waals surface area contributed by atoms with Gasteiger partial charge in [0.05, 0.1) is 25.6 Å². The molecule has 7 nitrogen and oxygen atoms in total. The number of allylic oxidation sites excluding steroid dienone is 2. The van der Waals surface area contributed by atoms with Crippen LogP contribution >= 0.6 is 11.3 Å². The number of aliphatic carboxylic acids is 1. The molecule has 1 aliphatic rings. The summed E-state index contributed by atoms with van der Waals surface area (Å²) in [7, 11) is 1.57. The van der Waals surface area contributed by atoms with Crippen LogP contribution in [0.2, 0.25) is 0 Å². The summed E-state index contributed by atoms with van der Waals surface area (Å²) in [5.41, 5.74) is 1.67. The van der Waals surface area contributed by atoms with E-state index in [1.807, 2.05) is 18.2 Å². The molecule has 0 unspecified atom stereocenters. The Hall–Kier alpha value is -3.13. The normalized spacial score (nSPS) is 17.9. The van der Waals surface area contributed by atoms with Crippen molar-refractivity contribution < 1.29 is 29.0 Å². The Morgan fingerprint density at radius 1 is 1.13 bits per heavy atom. The summed E-state index contributed by atoms with van der Waals surface area (Å²) >= 11 is 1.21. The molecule has 0 spiro atoms. The van der Waals surface area contributed by atoms with Crippen LogP contribution in [0.1, 0.15) is 30.1 Å². The van der Waals surface area contributed by atoms with E-state index >= 15 is 0 Å². The third kappa shape index (κ3) is 4.54. The summed E-state index contributed by atoms with van der Waals surface area (Å²) in [6, 6.07) is 7.21. The highest BCUT2D eigenvalue weighted by Crippen LogP contribution is 2.38. The minimum atomic E-state index is -1.00. The summed E-state index contributed by atoms with van der Waals surface area (Å²) in [5, 5.41) is 14.3. The summed E-state index contributed by atoms with van der Waals surface area (Å²) in [6.45, 7) is 1.90. The molecule has 2 N–H and O–H groups in total. The number of ether oxygens (including phenoxy) is 2. The van der Waals surface area contributed by atoms with Gasteiger partial charge in [-0.05, 0) is 37.5 Å². The number of nitrogens with one attached hydrogen (secondary N) is 1. The Morgan fingerprint density at radius 2 is 1.80 bits per heavy atom. The summed E-state index contributed by atoms with van der Waals surface area (Å²) in [5.74, 6) is -2.77. The van der Waals surface area contributed by atoms with E-state index in [2.05, 4.69) is 5.32 Å². The highest BCUT2D eigenvalue weighted by atomic mass is 32.1. The van der Waals surface area contributed by atoms with E-state index in [9.17, 15) is 19.5 Å². The number of esters is 1. The van der Waals surface area contributed by atoms with Gasteiger partial charge in [0.15, 0.2) is 0 Å². The lowest BCUT2D eigenvalue weighted by molar-refractivity contribution is -0.146. The minimum absolute atomic E-state index is 0.193. The third-order valence-corrected chi connectivity index (χ3v) is 5.89. The molecule has 0 aliphatic heterocycles. The van der Waals surface area contributed by atoms with Gasteiger partial charge in [0.25, 0.3) is 0 Å². The van der Waals surface area contributed by atoms with Gasteiger partial charge in [-0.2, -0.15) is 0 Å². The van der Waals surface area contributed by atoms with Gasteiger partial charge in [0, 0.05) is 10.9 Å². The number of carboxylic acid groups (broad SMARTS) is 1. The Kier molecular flexibility index (Phi) is 6.89. The number of carboxylic acids is 1. The second-order valence-electron chi connectivity index (χ2n) is 6.79. The number of hydrogen-bond donors (Lipinski definition) is 2. The zero-order valence-corrected chi connectivity index (χ0v) is 17.5. The Balaban J connectivity index is 1.93. The number of thiophene rings is 1. The van der Waals surface area contributed by atoms with Gasteiger partial charge in [-0.1, -0.05) is 24.3 Å². The predicted octanol–water partition coefficient (Wildman–Crippen LogP) is 4.21. The topological polar surface area (TPSA) is 102 Å². The molecule has 1 amide bonds. The zero-order valence-electron chi connectivity index (χ0n) is 16.7. The van der Waals surface area contributed by atoms with Crippen LogP contribution in [0, 0.1) is 11.8 Å². The first-order chi connectivity index (χ1) is 14.5. The Bertz CT molecular complexity index is 963. The lowest BCUT2D eigenvalue weighted by Gasteiger charge is -2.24. The Labute approximate surface area is 178 Å². The van der Waals surface area contributed by atoms with E-state index in [0.29, 0.717) is 29.2 Å². The molecular weight excluding hydrogens is 406 g/mol. The Morgan fingerprint density at radius 3 is 2.40 bits per heavy atom. The molecule has 0 fully saturated rings. The molecule has 3 rings (SSSR count). The van der Waals surface area contributed by atoms with Crippen LogP contribution in [0.15, 0.2) is 41.8 Å². The summed E-state index contributed by atoms with van der Waals surface area (Å²) in [4.78, 5) is 37.1. The number of rotatable bonds is 7. The van der Waals surface area contributed by atoms with Crippen molar-refractivity contribution >= 4 is 34.2 Å². The van der Waals surface area contributed by atoms with Gasteiger partial charge in [-0.3, -0.25) is 9.59 Å². The van der Waals surface area contributed by atoms with Crippen molar-refractivity contribution in [2.45, 2.75) is 19.8 Å². The van der Waals surface area contributed by atoms with Crippen molar-refractivity contribution in [3.63, 3.8) is 0 Å². The molecule has 2 aromatic rings. The number of carbonyl (C=O) groups is 3. The predicted molar refractivity (Wildman–Crippen MR) is 114 cm³/mol. The smallest absolute Gasteiger partial charge is 0.341 e. The molecule has 0 saturated carbocycles. The molecule has 158 valence electrons. The van der Waals surface area contributed by atoms with Crippen LogP contribution < -0.4 is 10.1 Å². The van der Waals surface area contributed by atoms with Gasteiger partial charge in [0.1, 0.15) is 16.3 Å². The highest BCUT2D eigenvalue weighted by molar-refractivity contribution is 7.15. The monoisotopic (exact) mass is 429 g/mol. The first-order valence-corrected chi connectivity index (χ1v) is 10.5. The van der Waals surface area contributed by atoms with Crippen molar-refractivity contribution in [3.05, 3.63) is 47.4 Å². The van der Waals surface area contributed by atoms with Crippen molar-refractivity contribution in [2.75, 3.05) is 19.0 Å². The van der Waals surface area contributed by atoms with E-state index in [4.69, 9.17) is 9.47 Å². The van der Waals surface area contributed by atoms with E-state index in [1.54, 1.807) is 37.6 Å². The fourth-order valence-electron chi connectivity index (χ4n) is 3.42. The maximum atomic E-state index is 12.9. The molecule has 1 heterocycles. The van der Waals surface area contributed by atoms with Crippen LogP contribution in [0.4, 0.5) is 5.00 Å². The standard InChI is InChI=1S/C22H23NO6S/c1-3-29-22(27)18-17(13-8-10-14(28-2)11-9-13)12-30-20(18)23-19(24)15-6-4-5-7-16(15)21(25)26/h4-5,8-12,15-16H,3,6-7H2,1-2H3,(H,23,24)(H,25,26)/t15-,16-/m0/s1. The number of anilines is 1. The summed E-state index contributed by atoms with van der Waals surface area (Å²) in [6.07, 6.45) is 4.24. The van der Waals surface area contributed by atoms with E-state index in [-0.39, 0.29) is 12.2 Å². The SMILES string of the molecule is CCOC(=O)c1c(-c2ccc(OC)cc2)csc1NC(=O)[C@H]1CC=CC[C@@H]1C(=O)O. The van der Waals surface area contributed by atoms with Gasteiger partial charge < -0.3 is 19.9 Å². The largest absolute Gasteiger partial charge is 0.497 e. The fourth-order valence-corrected chi connectivity index (χ4v) is 4.38. The molecule has 0 bridgehead atoms. The molecular formula is C22H23NO6S. The molecule has 0 saturated heterocycles. The number of carbonyl (C=O) groups excluding carboxylic acids is 2. The molecule has 0 radical (unpaired) electrons. The molecule has 1 aromatic heterocycles. The molecule has 30 heavy (non-hydrogen) atoms. The van der Waals surface area contributed by atoms with Crippen LogP contribution in [0.3, 0.4) is 0 Å². The highest BCUT2D eigenvalue weighted by Gasteiger charge is 2.35. The number of benzene rings is 1. The third-order valence-electron chi connectivity index (χ3n) is 4.99. The van der Waals surface area contributed by atoms with Gasteiger partial charge >= 0.3 is 11.9 Å². The minimum Gasteiger partial charge on any atom is -0.497 e.